The van der Waals surface area contributed by atoms with Crippen molar-refractivity contribution in [1.29, 1.82) is 0 Å². The first kappa shape index (κ1) is 16.4. The van der Waals surface area contributed by atoms with Crippen LogP contribution in [0.2, 0.25) is 5.02 Å². The van der Waals surface area contributed by atoms with E-state index in [0.717, 1.165) is 30.8 Å². The van der Waals surface area contributed by atoms with Gasteiger partial charge in [-0.1, -0.05) is 45.4 Å². The summed E-state index contributed by atoms with van der Waals surface area (Å²) in [6, 6.07) is 6.39. The summed E-state index contributed by atoms with van der Waals surface area (Å²) in [7, 11) is 0. The van der Waals surface area contributed by atoms with Crippen LogP contribution in [0.25, 0.3) is 10.9 Å². The van der Waals surface area contributed by atoms with Gasteiger partial charge in [0.05, 0.1) is 0 Å². The van der Waals surface area contributed by atoms with Crippen molar-refractivity contribution in [1.82, 2.24) is 4.57 Å². The fourth-order valence-electron chi connectivity index (χ4n) is 2.57. The van der Waals surface area contributed by atoms with E-state index in [9.17, 15) is 0 Å². The van der Waals surface area contributed by atoms with E-state index in [4.69, 9.17) is 17.3 Å². The van der Waals surface area contributed by atoms with Crippen molar-refractivity contribution in [2.24, 2.45) is 11.1 Å². The molecule has 0 amide bonds. The monoisotopic (exact) mass is 306 g/mol. The zero-order valence-corrected chi connectivity index (χ0v) is 14.4. The molecule has 0 aliphatic carbocycles. The molecule has 2 nitrogen and oxygen atoms in total. The molecule has 0 saturated carbocycles. The smallest absolute Gasteiger partial charge is 0.0498 e. The Kier molecular flexibility index (Phi) is 5.00. The molecule has 0 fully saturated rings. The maximum Gasteiger partial charge on any atom is 0.0498 e. The molecule has 1 aromatic carbocycles. The number of rotatable bonds is 5. The number of aromatic nitrogens is 1. The van der Waals surface area contributed by atoms with Crippen molar-refractivity contribution in [2.45, 2.75) is 59.5 Å². The molecular weight excluding hydrogens is 280 g/mol. The summed E-state index contributed by atoms with van der Waals surface area (Å²) in [5.41, 5.74) is 9.04. The minimum Gasteiger partial charge on any atom is -0.347 e. The van der Waals surface area contributed by atoms with Crippen molar-refractivity contribution in [3.63, 3.8) is 0 Å². The third-order valence-corrected chi connectivity index (χ3v) is 4.27. The van der Waals surface area contributed by atoms with Crippen LogP contribution in [-0.2, 0) is 13.0 Å². The number of aryl methyl sites for hydroxylation is 1. The second-order valence-corrected chi connectivity index (χ2v) is 7.63. The average molecular weight is 307 g/mol. The molecule has 0 bridgehead atoms. The molecule has 1 atom stereocenters. The quantitative estimate of drug-likeness (QED) is 0.827. The first-order chi connectivity index (χ1) is 9.80. The van der Waals surface area contributed by atoms with Gasteiger partial charge in [-0.3, -0.25) is 0 Å². The predicted molar refractivity (Wildman–Crippen MR) is 93.0 cm³/mol. The number of nitrogens with two attached hydrogens (primary N) is 1. The number of halogens is 1. The lowest BCUT2D eigenvalue weighted by atomic mass is 9.92. The molecule has 116 valence electrons. The first-order valence-electron chi connectivity index (χ1n) is 7.83. The summed E-state index contributed by atoms with van der Waals surface area (Å²) in [5.74, 6) is 0. The summed E-state index contributed by atoms with van der Waals surface area (Å²) >= 11 is 6.18. The number of hydrogen-bond donors (Lipinski definition) is 1. The van der Waals surface area contributed by atoms with Gasteiger partial charge < -0.3 is 10.3 Å². The second kappa shape index (κ2) is 6.41. The number of benzene rings is 1. The predicted octanol–water partition coefficient (Wildman–Crippen LogP) is 5.01. The maximum atomic E-state index is 6.18. The van der Waals surface area contributed by atoms with Crippen molar-refractivity contribution < 1.29 is 0 Å². The topological polar surface area (TPSA) is 30.9 Å². The highest BCUT2D eigenvalue weighted by Gasteiger charge is 2.14. The van der Waals surface area contributed by atoms with E-state index in [0.29, 0.717) is 5.41 Å². The Balaban J connectivity index is 2.37. The van der Waals surface area contributed by atoms with Crippen LogP contribution in [0.15, 0.2) is 24.4 Å². The molecule has 0 saturated heterocycles. The molecule has 0 aliphatic rings. The lowest BCUT2D eigenvalue weighted by molar-refractivity contribution is 0.353. The highest BCUT2D eigenvalue weighted by Crippen LogP contribution is 2.28. The van der Waals surface area contributed by atoms with Crippen LogP contribution in [0.4, 0.5) is 0 Å². The molecule has 3 heteroatoms. The molecule has 1 aromatic heterocycles. The standard InChI is InChI=1S/C18H27ClN2/c1-5-15(20)10-13-12-21(9-8-18(2,3)4)17-11-14(19)6-7-16(13)17/h6-7,11-12,15H,5,8-10,20H2,1-4H3. The van der Waals surface area contributed by atoms with Gasteiger partial charge in [0.1, 0.15) is 0 Å². The van der Waals surface area contributed by atoms with Gasteiger partial charge in [-0.15, -0.1) is 0 Å². The Morgan fingerprint density at radius 2 is 2.00 bits per heavy atom. The molecule has 2 N–H and O–H groups in total. The van der Waals surface area contributed by atoms with Crippen LogP contribution in [0.1, 0.15) is 46.1 Å². The van der Waals surface area contributed by atoms with E-state index in [-0.39, 0.29) is 6.04 Å². The molecule has 2 aromatic rings. The number of nitrogens with zero attached hydrogens (tertiary/aromatic N) is 1. The van der Waals surface area contributed by atoms with E-state index in [1.54, 1.807) is 0 Å². The summed E-state index contributed by atoms with van der Waals surface area (Å²) in [4.78, 5) is 0. The summed E-state index contributed by atoms with van der Waals surface area (Å²) < 4.78 is 2.34. The Hall–Kier alpha value is -0.990. The van der Waals surface area contributed by atoms with Gasteiger partial charge in [0.15, 0.2) is 0 Å². The van der Waals surface area contributed by atoms with Gasteiger partial charge in [-0.25, -0.2) is 0 Å². The van der Waals surface area contributed by atoms with Crippen molar-refractivity contribution in [3.8, 4) is 0 Å². The Labute approximate surface area is 133 Å². The molecule has 1 unspecified atom stereocenters. The SMILES string of the molecule is CCC(N)Cc1cn(CCC(C)(C)C)c2cc(Cl)ccc12. The van der Waals surface area contributed by atoms with Crippen molar-refractivity contribution >= 4 is 22.5 Å². The fourth-order valence-corrected chi connectivity index (χ4v) is 2.74. The zero-order valence-electron chi connectivity index (χ0n) is 13.6. The third kappa shape index (κ3) is 4.24. The maximum absolute atomic E-state index is 6.18. The van der Waals surface area contributed by atoms with E-state index < -0.39 is 0 Å². The summed E-state index contributed by atoms with van der Waals surface area (Å²) in [6.45, 7) is 9.99. The Morgan fingerprint density at radius 1 is 1.29 bits per heavy atom. The van der Waals surface area contributed by atoms with Gasteiger partial charge in [0.2, 0.25) is 0 Å². The van der Waals surface area contributed by atoms with Gasteiger partial charge >= 0.3 is 0 Å². The van der Waals surface area contributed by atoms with Crippen molar-refractivity contribution in [3.05, 3.63) is 35.0 Å². The molecule has 0 aliphatic heterocycles. The van der Waals surface area contributed by atoms with E-state index >= 15 is 0 Å². The van der Waals surface area contributed by atoms with Gasteiger partial charge in [0, 0.05) is 34.7 Å². The summed E-state index contributed by atoms with van der Waals surface area (Å²) in [5, 5.41) is 2.08. The summed E-state index contributed by atoms with van der Waals surface area (Å²) in [6.07, 6.45) is 5.34. The van der Waals surface area contributed by atoms with Crippen LogP contribution in [0.5, 0.6) is 0 Å². The van der Waals surface area contributed by atoms with Crippen LogP contribution in [0.3, 0.4) is 0 Å². The average Bonchev–Trinajstić information content (AvgIpc) is 2.73. The number of hydrogen-bond acceptors (Lipinski definition) is 1. The highest BCUT2D eigenvalue weighted by atomic mass is 35.5. The molecule has 1 heterocycles. The second-order valence-electron chi connectivity index (χ2n) is 7.19. The van der Waals surface area contributed by atoms with Crippen LogP contribution < -0.4 is 5.73 Å². The van der Waals surface area contributed by atoms with Crippen LogP contribution >= 0.6 is 11.6 Å². The lowest BCUT2D eigenvalue weighted by Gasteiger charge is -2.18. The normalized spacial score (nSPS) is 13.8. The Bertz CT molecular complexity index is 607. The van der Waals surface area contributed by atoms with Gasteiger partial charge in [-0.2, -0.15) is 0 Å². The lowest BCUT2D eigenvalue weighted by Crippen LogP contribution is -2.21. The van der Waals surface area contributed by atoms with E-state index in [2.05, 4.69) is 50.6 Å². The minimum absolute atomic E-state index is 0.224. The molecular formula is C18H27ClN2. The minimum atomic E-state index is 0.224. The largest absolute Gasteiger partial charge is 0.347 e. The first-order valence-corrected chi connectivity index (χ1v) is 8.21. The highest BCUT2D eigenvalue weighted by molar-refractivity contribution is 6.31. The van der Waals surface area contributed by atoms with Gasteiger partial charge in [-0.05, 0) is 42.4 Å². The third-order valence-electron chi connectivity index (χ3n) is 4.04. The number of fused-ring (bicyclic) bond motifs is 1. The van der Waals surface area contributed by atoms with Gasteiger partial charge in [0.25, 0.3) is 0 Å². The fraction of sp³-hybridized carbons (Fsp3) is 0.556. The van der Waals surface area contributed by atoms with E-state index in [1.807, 2.05) is 6.07 Å². The molecule has 21 heavy (non-hydrogen) atoms. The molecule has 0 radical (unpaired) electrons. The molecule has 2 rings (SSSR count). The van der Waals surface area contributed by atoms with Crippen LogP contribution in [-0.4, -0.2) is 10.6 Å². The zero-order chi connectivity index (χ0) is 15.6. The molecule has 0 spiro atoms. The van der Waals surface area contributed by atoms with Crippen LogP contribution in [0, 0.1) is 5.41 Å². The van der Waals surface area contributed by atoms with E-state index in [1.165, 1.54) is 16.5 Å². The van der Waals surface area contributed by atoms with Crippen molar-refractivity contribution in [2.75, 3.05) is 0 Å². The Morgan fingerprint density at radius 3 is 2.62 bits per heavy atom.